The monoisotopic (exact) mass is 368 g/mol. The first kappa shape index (κ1) is 13.9. The molecular weight excluding hydrogens is 359 g/mol. The van der Waals surface area contributed by atoms with Gasteiger partial charge in [0, 0.05) is 10.2 Å². The van der Waals surface area contributed by atoms with E-state index in [1.54, 1.807) is 0 Å². The molecule has 0 saturated heterocycles. The molecule has 1 heterocycles. The van der Waals surface area contributed by atoms with Crippen LogP contribution in [0.2, 0.25) is 5.02 Å². The molecule has 0 aliphatic heterocycles. The molecular formula is C15H11BrCl2N2. The summed E-state index contributed by atoms with van der Waals surface area (Å²) in [4.78, 5) is 4.55. The Bertz CT molecular complexity index is 796. The normalized spacial score (nSPS) is 11.2. The molecule has 5 heteroatoms. The van der Waals surface area contributed by atoms with E-state index in [9.17, 15) is 0 Å². The molecule has 0 bridgehead atoms. The van der Waals surface area contributed by atoms with Gasteiger partial charge in [-0.1, -0.05) is 39.7 Å². The smallest absolute Gasteiger partial charge is 0.129 e. The summed E-state index contributed by atoms with van der Waals surface area (Å²) in [5, 5.41) is 0.670. The minimum atomic E-state index is 0.330. The predicted molar refractivity (Wildman–Crippen MR) is 88.1 cm³/mol. The van der Waals surface area contributed by atoms with Crippen LogP contribution in [0, 0.1) is 6.92 Å². The zero-order valence-corrected chi connectivity index (χ0v) is 13.8. The number of rotatable bonds is 2. The average molecular weight is 370 g/mol. The number of nitrogens with zero attached hydrogens (tertiary/aromatic N) is 2. The molecule has 2 nitrogen and oxygen atoms in total. The average Bonchev–Trinajstić information content (AvgIpc) is 2.82. The van der Waals surface area contributed by atoms with Crippen LogP contribution in [0.1, 0.15) is 11.4 Å². The van der Waals surface area contributed by atoms with Gasteiger partial charge in [-0.15, -0.1) is 11.6 Å². The van der Waals surface area contributed by atoms with Gasteiger partial charge in [-0.25, -0.2) is 4.98 Å². The van der Waals surface area contributed by atoms with Crippen LogP contribution in [0.5, 0.6) is 0 Å². The van der Waals surface area contributed by atoms with E-state index in [2.05, 4.69) is 40.0 Å². The molecule has 0 N–H and O–H groups in total. The lowest BCUT2D eigenvalue weighted by Crippen LogP contribution is -2.00. The van der Waals surface area contributed by atoms with E-state index >= 15 is 0 Å². The van der Waals surface area contributed by atoms with Gasteiger partial charge in [0.1, 0.15) is 5.82 Å². The highest BCUT2D eigenvalue weighted by Gasteiger charge is 2.14. The number of halogens is 3. The van der Waals surface area contributed by atoms with E-state index in [-0.39, 0.29) is 0 Å². The van der Waals surface area contributed by atoms with Crippen LogP contribution >= 0.6 is 39.1 Å². The second kappa shape index (κ2) is 5.40. The molecule has 0 saturated carbocycles. The van der Waals surface area contributed by atoms with Gasteiger partial charge in [0.25, 0.3) is 0 Å². The van der Waals surface area contributed by atoms with Gasteiger partial charge < -0.3 is 0 Å². The van der Waals surface area contributed by atoms with Crippen molar-refractivity contribution < 1.29 is 0 Å². The lowest BCUT2D eigenvalue weighted by Gasteiger charge is -2.10. The molecule has 0 spiro atoms. The van der Waals surface area contributed by atoms with Crippen LogP contribution in [0.3, 0.4) is 0 Å². The first-order valence-electron chi connectivity index (χ1n) is 6.10. The Balaban J connectivity index is 2.36. The fourth-order valence-corrected chi connectivity index (χ4v) is 3.02. The number of imidazole rings is 1. The van der Waals surface area contributed by atoms with E-state index < -0.39 is 0 Å². The van der Waals surface area contributed by atoms with Gasteiger partial charge in [-0.2, -0.15) is 0 Å². The molecule has 0 amide bonds. The van der Waals surface area contributed by atoms with Gasteiger partial charge >= 0.3 is 0 Å². The molecule has 0 aliphatic carbocycles. The van der Waals surface area contributed by atoms with Crippen LogP contribution < -0.4 is 0 Å². The van der Waals surface area contributed by atoms with Crippen LogP contribution in [0.4, 0.5) is 0 Å². The maximum Gasteiger partial charge on any atom is 0.129 e. The molecule has 0 unspecified atom stereocenters. The quantitative estimate of drug-likeness (QED) is 0.546. The first-order valence-corrected chi connectivity index (χ1v) is 7.80. The van der Waals surface area contributed by atoms with E-state index in [1.165, 1.54) is 5.56 Å². The Kier molecular flexibility index (Phi) is 3.76. The van der Waals surface area contributed by atoms with Crippen LogP contribution in [0.25, 0.3) is 16.7 Å². The topological polar surface area (TPSA) is 17.8 Å². The largest absolute Gasteiger partial charge is 0.294 e. The third-order valence-corrected chi connectivity index (χ3v) is 4.63. The Morgan fingerprint density at radius 3 is 2.75 bits per heavy atom. The van der Waals surface area contributed by atoms with Gasteiger partial charge in [0.15, 0.2) is 0 Å². The van der Waals surface area contributed by atoms with Gasteiger partial charge in [-0.05, 0) is 36.8 Å². The fraction of sp³-hybridized carbons (Fsp3) is 0.133. The maximum absolute atomic E-state index is 6.34. The molecule has 0 aliphatic rings. The number of fused-ring (bicyclic) bond motifs is 1. The molecule has 3 rings (SSSR count). The Hall–Kier alpha value is -1.03. The molecule has 2 aromatic carbocycles. The summed E-state index contributed by atoms with van der Waals surface area (Å²) in [7, 11) is 0. The summed E-state index contributed by atoms with van der Waals surface area (Å²) in [6.45, 7) is 2.05. The first-order chi connectivity index (χ1) is 9.61. The lowest BCUT2D eigenvalue weighted by molar-refractivity contribution is 0.980. The molecule has 1 aromatic heterocycles. The van der Waals surface area contributed by atoms with E-state index in [0.717, 1.165) is 27.0 Å². The summed E-state index contributed by atoms with van der Waals surface area (Å²) in [5.74, 6) is 1.11. The Morgan fingerprint density at radius 1 is 1.25 bits per heavy atom. The third-order valence-electron chi connectivity index (χ3n) is 3.23. The summed E-state index contributed by atoms with van der Waals surface area (Å²) >= 11 is 15.9. The van der Waals surface area contributed by atoms with Crippen molar-refractivity contribution in [2.75, 3.05) is 0 Å². The van der Waals surface area contributed by atoms with Gasteiger partial charge in [0.05, 0.1) is 21.9 Å². The zero-order chi connectivity index (χ0) is 14.3. The van der Waals surface area contributed by atoms with Crippen LogP contribution in [-0.2, 0) is 5.88 Å². The number of alkyl halides is 1. The second-order valence-corrected chi connectivity index (χ2v) is 6.07. The summed E-state index contributed by atoms with van der Waals surface area (Å²) in [6.07, 6.45) is 0. The second-order valence-electron chi connectivity index (χ2n) is 4.54. The molecule has 102 valence electrons. The molecule has 3 aromatic rings. The van der Waals surface area contributed by atoms with Crippen LogP contribution in [0.15, 0.2) is 40.9 Å². The summed E-state index contributed by atoms with van der Waals surface area (Å²) < 4.78 is 3.05. The zero-order valence-electron chi connectivity index (χ0n) is 10.7. The Morgan fingerprint density at radius 2 is 2.05 bits per heavy atom. The van der Waals surface area contributed by atoms with E-state index in [1.807, 2.05) is 28.8 Å². The molecule has 20 heavy (non-hydrogen) atoms. The molecule has 0 atom stereocenters. The maximum atomic E-state index is 6.34. The lowest BCUT2D eigenvalue weighted by atomic mass is 10.2. The molecule has 0 radical (unpaired) electrons. The van der Waals surface area contributed by atoms with E-state index in [4.69, 9.17) is 23.2 Å². The van der Waals surface area contributed by atoms with Gasteiger partial charge in [0.2, 0.25) is 0 Å². The number of aryl methyl sites for hydroxylation is 1. The standard InChI is InChI=1S/C15H11BrCl2N2/c1-9-5-6-10(7-11(9)16)20-14(8-17)19-13-4-2-3-12(18)15(13)20/h2-7H,8H2,1H3. The Labute approximate surface area is 135 Å². The summed E-state index contributed by atoms with van der Waals surface area (Å²) in [5.41, 5.74) is 3.91. The van der Waals surface area contributed by atoms with Crippen LogP contribution in [-0.4, -0.2) is 9.55 Å². The molecule has 0 fully saturated rings. The number of hydrogen-bond acceptors (Lipinski definition) is 1. The number of para-hydroxylation sites is 1. The fourth-order valence-electron chi connectivity index (χ4n) is 2.22. The highest BCUT2D eigenvalue weighted by molar-refractivity contribution is 9.10. The van der Waals surface area contributed by atoms with Crippen molar-refractivity contribution in [3.8, 4) is 5.69 Å². The van der Waals surface area contributed by atoms with Crippen molar-refractivity contribution in [2.24, 2.45) is 0 Å². The number of hydrogen-bond donors (Lipinski definition) is 0. The minimum absolute atomic E-state index is 0.330. The van der Waals surface area contributed by atoms with Gasteiger partial charge in [-0.3, -0.25) is 4.57 Å². The van der Waals surface area contributed by atoms with Crippen molar-refractivity contribution in [3.05, 3.63) is 57.3 Å². The number of benzene rings is 2. The number of aromatic nitrogens is 2. The highest BCUT2D eigenvalue weighted by atomic mass is 79.9. The minimum Gasteiger partial charge on any atom is -0.294 e. The highest BCUT2D eigenvalue weighted by Crippen LogP contribution is 2.30. The van der Waals surface area contributed by atoms with Crippen molar-refractivity contribution in [3.63, 3.8) is 0 Å². The van der Waals surface area contributed by atoms with Crippen molar-refractivity contribution >= 4 is 50.2 Å². The van der Waals surface area contributed by atoms with Crippen molar-refractivity contribution in [1.29, 1.82) is 0 Å². The SMILES string of the molecule is Cc1ccc(-n2c(CCl)nc3cccc(Cl)c32)cc1Br. The summed E-state index contributed by atoms with van der Waals surface area (Å²) in [6, 6.07) is 11.8. The third kappa shape index (κ3) is 2.24. The van der Waals surface area contributed by atoms with E-state index in [0.29, 0.717) is 10.9 Å². The van der Waals surface area contributed by atoms with Crippen molar-refractivity contribution in [1.82, 2.24) is 9.55 Å². The van der Waals surface area contributed by atoms with Crippen molar-refractivity contribution in [2.45, 2.75) is 12.8 Å². The predicted octanol–water partition coefficient (Wildman–Crippen LogP) is 5.49.